The van der Waals surface area contributed by atoms with E-state index in [1.165, 1.54) is 0 Å². The topological polar surface area (TPSA) is 29.5 Å². The first-order valence-corrected chi connectivity index (χ1v) is 5.90. The van der Waals surface area contributed by atoms with Crippen molar-refractivity contribution >= 4 is 5.91 Å². The van der Waals surface area contributed by atoms with E-state index in [9.17, 15) is 4.79 Å². The van der Waals surface area contributed by atoms with Crippen molar-refractivity contribution in [2.24, 2.45) is 11.3 Å². The highest BCUT2D eigenvalue weighted by atomic mass is 16.5. The van der Waals surface area contributed by atoms with Crippen LogP contribution in [0.2, 0.25) is 0 Å². The van der Waals surface area contributed by atoms with Gasteiger partial charge in [0.05, 0.1) is 0 Å². The molecule has 0 bridgehead atoms. The predicted octanol–water partition coefficient (Wildman–Crippen LogP) is 1.67. The number of carbonyl (C=O) groups is 1. The van der Waals surface area contributed by atoms with Crippen LogP contribution in [0.5, 0.6) is 0 Å². The van der Waals surface area contributed by atoms with Crippen LogP contribution < -0.4 is 0 Å². The van der Waals surface area contributed by atoms with Crippen molar-refractivity contribution in [3.63, 3.8) is 0 Å². The molecule has 2 fully saturated rings. The van der Waals surface area contributed by atoms with Crippen molar-refractivity contribution in [2.75, 3.05) is 20.3 Å². The smallest absolute Gasteiger partial charge is 0.223 e. The van der Waals surface area contributed by atoms with Gasteiger partial charge in [-0.05, 0) is 18.8 Å². The molecule has 2 rings (SSSR count). The molecule has 0 aliphatic carbocycles. The fourth-order valence-electron chi connectivity index (χ4n) is 3.50. The van der Waals surface area contributed by atoms with Crippen LogP contribution in [0.3, 0.4) is 0 Å². The van der Waals surface area contributed by atoms with Crippen molar-refractivity contribution in [1.82, 2.24) is 4.90 Å². The maximum atomic E-state index is 11.8. The second-order valence-corrected chi connectivity index (χ2v) is 5.35. The molecule has 0 aromatic rings. The lowest BCUT2D eigenvalue weighted by atomic mass is 9.70. The first-order valence-electron chi connectivity index (χ1n) is 5.90. The zero-order valence-electron chi connectivity index (χ0n) is 9.95. The molecule has 2 heterocycles. The second kappa shape index (κ2) is 3.78. The summed E-state index contributed by atoms with van der Waals surface area (Å²) < 4.78 is 5.42. The average molecular weight is 211 g/mol. The standard InChI is InChI=1S/C12H21NO2/c1-9(2)11-12(4-6-15-7-5-12)8-10(14)13(11)3/h9,11H,4-8H2,1-3H3. The average Bonchev–Trinajstić information content (AvgIpc) is 2.40. The highest BCUT2D eigenvalue weighted by Gasteiger charge is 2.51. The summed E-state index contributed by atoms with van der Waals surface area (Å²) in [6.07, 6.45) is 2.83. The largest absolute Gasteiger partial charge is 0.381 e. The van der Waals surface area contributed by atoms with Crippen LogP contribution in [0.1, 0.15) is 33.1 Å². The lowest BCUT2D eigenvalue weighted by Crippen LogP contribution is -2.45. The van der Waals surface area contributed by atoms with Gasteiger partial charge in [0.15, 0.2) is 0 Å². The Bertz CT molecular complexity index is 256. The summed E-state index contributed by atoms with van der Waals surface area (Å²) in [6.45, 7) is 6.09. The lowest BCUT2D eigenvalue weighted by Gasteiger charge is -2.41. The molecule has 3 heteroatoms. The summed E-state index contributed by atoms with van der Waals surface area (Å²) in [5, 5.41) is 0. The van der Waals surface area contributed by atoms with E-state index in [2.05, 4.69) is 13.8 Å². The van der Waals surface area contributed by atoms with Gasteiger partial charge < -0.3 is 9.64 Å². The van der Waals surface area contributed by atoms with Crippen LogP contribution in [0.25, 0.3) is 0 Å². The molecule has 2 aliphatic rings. The first kappa shape index (κ1) is 10.9. The van der Waals surface area contributed by atoms with E-state index in [0.29, 0.717) is 17.9 Å². The highest BCUT2D eigenvalue weighted by Crippen LogP contribution is 2.47. The minimum atomic E-state index is 0.207. The molecular weight excluding hydrogens is 190 g/mol. The van der Waals surface area contributed by atoms with Gasteiger partial charge in [0.1, 0.15) is 0 Å². The number of hydrogen-bond acceptors (Lipinski definition) is 2. The zero-order valence-corrected chi connectivity index (χ0v) is 9.95. The van der Waals surface area contributed by atoms with E-state index >= 15 is 0 Å². The van der Waals surface area contributed by atoms with E-state index in [1.807, 2.05) is 11.9 Å². The number of rotatable bonds is 1. The number of nitrogens with zero attached hydrogens (tertiary/aromatic N) is 1. The lowest BCUT2D eigenvalue weighted by molar-refractivity contribution is -0.128. The Morgan fingerprint density at radius 2 is 2.00 bits per heavy atom. The van der Waals surface area contributed by atoms with Crippen LogP contribution in [0.15, 0.2) is 0 Å². The Balaban J connectivity index is 2.25. The van der Waals surface area contributed by atoms with Crippen molar-refractivity contribution < 1.29 is 9.53 Å². The number of amides is 1. The molecule has 3 nitrogen and oxygen atoms in total. The Kier molecular flexibility index (Phi) is 2.75. The van der Waals surface area contributed by atoms with E-state index in [4.69, 9.17) is 4.74 Å². The van der Waals surface area contributed by atoms with Crippen LogP contribution in [-0.2, 0) is 9.53 Å². The van der Waals surface area contributed by atoms with Gasteiger partial charge in [0.25, 0.3) is 0 Å². The molecular formula is C12H21NO2. The van der Waals surface area contributed by atoms with Crippen LogP contribution in [0.4, 0.5) is 0 Å². The van der Waals surface area contributed by atoms with E-state index < -0.39 is 0 Å². The van der Waals surface area contributed by atoms with Crippen LogP contribution in [0, 0.1) is 11.3 Å². The van der Waals surface area contributed by atoms with Gasteiger partial charge >= 0.3 is 0 Å². The van der Waals surface area contributed by atoms with Crippen LogP contribution in [-0.4, -0.2) is 37.1 Å². The molecule has 0 N–H and O–H groups in total. The van der Waals surface area contributed by atoms with Gasteiger partial charge in [0.2, 0.25) is 5.91 Å². The number of hydrogen-bond donors (Lipinski definition) is 0. The number of likely N-dealkylation sites (tertiary alicyclic amines) is 1. The molecule has 2 aliphatic heterocycles. The molecule has 15 heavy (non-hydrogen) atoms. The van der Waals surface area contributed by atoms with Gasteiger partial charge in [-0.3, -0.25) is 4.79 Å². The molecule has 86 valence electrons. The molecule has 1 unspecified atom stereocenters. The van der Waals surface area contributed by atoms with E-state index in [-0.39, 0.29) is 5.41 Å². The van der Waals surface area contributed by atoms with Crippen molar-refractivity contribution in [3.05, 3.63) is 0 Å². The minimum absolute atomic E-state index is 0.207. The van der Waals surface area contributed by atoms with Crippen molar-refractivity contribution in [2.45, 2.75) is 39.2 Å². The third-order valence-electron chi connectivity index (χ3n) is 4.06. The monoisotopic (exact) mass is 211 g/mol. The molecule has 0 aromatic heterocycles. The number of carbonyl (C=O) groups excluding carboxylic acids is 1. The fourth-order valence-corrected chi connectivity index (χ4v) is 3.50. The molecule has 0 radical (unpaired) electrons. The fraction of sp³-hybridized carbons (Fsp3) is 0.917. The highest BCUT2D eigenvalue weighted by molar-refractivity contribution is 5.80. The summed E-state index contributed by atoms with van der Waals surface area (Å²) in [4.78, 5) is 13.8. The van der Waals surface area contributed by atoms with E-state index in [1.54, 1.807) is 0 Å². The van der Waals surface area contributed by atoms with Crippen LogP contribution >= 0.6 is 0 Å². The van der Waals surface area contributed by atoms with Gasteiger partial charge in [-0.2, -0.15) is 0 Å². The molecule has 1 amide bonds. The third kappa shape index (κ3) is 1.67. The van der Waals surface area contributed by atoms with Gasteiger partial charge in [-0.25, -0.2) is 0 Å². The Morgan fingerprint density at radius 3 is 2.53 bits per heavy atom. The number of ether oxygens (including phenoxy) is 1. The SMILES string of the molecule is CC(C)C1N(C)C(=O)CC12CCOCC2. The summed E-state index contributed by atoms with van der Waals surface area (Å²) in [6, 6.07) is 0.411. The quantitative estimate of drug-likeness (QED) is 0.660. The maximum Gasteiger partial charge on any atom is 0.223 e. The Morgan fingerprint density at radius 1 is 1.40 bits per heavy atom. The Hall–Kier alpha value is -0.570. The third-order valence-corrected chi connectivity index (χ3v) is 4.06. The summed E-state index contributed by atoms with van der Waals surface area (Å²) >= 11 is 0. The van der Waals surface area contributed by atoms with Gasteiger partial charge in [0, 0.05) is 38.1 Å². The molecule has 1 spiro atoms. The van der Waals surface area contributed by atoms with Crippen molar-refractivity contribution in [1.29, 1.82) is 0 Å². The molecule has 1 atom stereocenters. The van der Waals surface area contributed by atoms with E-state index in [0.717, 1.165) is 32.5 Å². The first-order chi connectivity index (χ1) is 7.07. The van der Waals surface area contributed by atoms with Gasteiger partial charge in [-0.15, -0.1) is 0 Å². The molecule has 2 saturated heterocycles. The summed E-state index contributed by atoms with van der Waals surface area (Å²) in [7, 11) is 1.96. The van der Waals surface area contributed by atoms with Crippen molar-refractivity contribution in [3.8, 4) is 0 Å². The summed E-state index contributed by atoms with van der Waals surface area (Å²) in [5.41, 5.74) is 0.207. The zero-order chi connectivity index (χ0) is 11.1. The predicted molar refractivity (Wildman–Crippen MR) is 58.5 cm³/mol. The second-order valence-electron chi connectivity index (χ2n) is 5.35. The normalized spacial score (nSPS) is 30.5. The minimum Gasteiger partial charge on any atom is -0.381 e. The molecule has 0 aromatic carbocycles. The maximum absolute atomic E-state index is 11.8. The van der Waals surface area contributed by atoms with Gasteiger partial charge in [-0.1, -0.05) is 13.8 Å². The Labute approximate surface area is 91.8 Å². The summed E-state index contributed by atoms with van der Waals surface area (Å²) in [5.74, 6) is 0.857. The molecule has 0 saturated carbocycles.